The Balaban J connectivity index is 0.000000845. The Morgan fingerprint density at radius 1 is 1.08 bits per heavy atom. The van der Waals surface area contributed by atoms with Crippen molar-refractivity contribution in [2.45, 2.75) is 38.5 Å². The van der Waals surface area contributed by atoms with E-state index in [0.29, 0.717) is 6.42 Å². The number of carbonyl (C=O) groups is 2. The summed E-state index contributed by atoms with van der Waals surface area (Å²) in [5, 5.41) is 2.43. The van der Waals surface area contributed by atoms with Crippen LogP contribution in [-0.4, -0.2) is 11.8 Å². The van der Waals surface area contributed by atoms with Gasteiger partial charge in [0.2, 0.25) is 11.8 Å². The van der Waals surface area contributed by atoms with Gasteiger partial charge in [0.1, 0.15) is 0 Å². The topological polar surface area (TPSA) is 46.2 Å². The average molecular weight is 204 g/mol. The molecular weight excluding hydrogens is 190 g/mol. The molecule has 1 aliphatic heterocycles. The fourth-order valence-corrected chi connectivity index (χ4v) is 2.32. The zero-order chi connectivity index (χ0) is 8.60. The Labute approximate surface area is 83.7 Å². The largest absolute Gasteiger partial charge is 0.296 e. The molecule has 0 atom stereocenters. The van der Waals surface area contributed by atoms with Crippen LogP contribution in [0.4, 0.5) is 0 Å². The van der Waals surface area contributed by atoms with Gasteiger partial charge in [-0.25, -0.2) is 0 Å². The molecule has 2 aliphatic rings. The van der Waals surface area contributed by atoms with Crippen molar-refractivity contribution in [1.29, 1.82) is 0 Å². The summed E-state index contributed by atoms with van der Waals surface area (Å²) >= 11 is 0. The first-order valence-corrected chi connectivity index (χ1v) is 4.57. The number of piperidine rings is 1. The van der Waals surface area contributed by atoms with Crippen LogP contribution >= 0.6 is 12.4 Å². The molecular formula is C9H14ClNO2. The SMILES string of the molecule is Cl.O=C1CCC2(CCCC2)C(=O)N1. The number of hydrogen-bond acceptors (Lipinski definition) is 2. The third kappa shape index (κ3) is 1.70. The van der Waals surface area contributed by atoms with E-state index in [0.717, 1.165) is 32.1 Å². The van der Waals surface area contributed by atoms with E-state index in [9.17, 15) is 9.59 Å². The molecule has 2 amide bonds. The van der Waals surface area contributed by atoms with Crippen molar-refractivity contribution in [1.82, 2.24) is 5.32 Å². The molecule has 4 heteroatoms. The van der Waals surface area contributed by atoms with Crippen molar-refractivity contribution in [2.24, 2.45) is 5.41 Å². The highest BCUT2D eigenvalue weighted by molar-refractivity contribution is 6.00. The molecule has 2 rings (SSSR count). The van der Waals surface area contributed by atoms with Crippen LogP contribution < -0.4 is 5.32 Å². The molecule has 1 spiro atoms. The highest BCUT2D eigenvalue weighted by atomic mass is 35.5. The van der Waals surface area contributed by atoms with Gasteiger partial charge in [0.15, 0.2) is 0 Å². The molecule has 1 N–H and O–H groups in total. The molecule has 1 saturated carbocycles. The Morgan fingerprint density at radius 2 is 1.69 bits per heavy atom. The summed E-state index contributed by atoms with van der Waals surface area (Å²) in [6, 6.07) is 0. The molecule has 74 valence electrons. The summed E-state index contributed by atoms with van der Waals surface area (Å²) in [5.74, 6) is -0.117. The third-order valence-electron chi connectivity index (χ3n) is 3.13. The lowest BCUT2D eigenvalue weighted by Crippen LogP contribution is -2.47. The minimum absolute atomic E-state index is 0. The van der Waals surface area contributed by atoms with Crippen molar-refractivity contribution in [3.8, 4) is 0 Å². The van der Waals surface area contributed by atoms with Gasteiger partial charge < -0.3 is 0 Å². The summed E-state index contributed by atoms with van der Waals surface area (Å²) in [4.78, 5) is 22.4. The fourth-order valence-electron chi connectivity index (χ4n) is 2.32. The Kier molecular flexibility index (Phi) is 2.96. The Hall–Kier alpha value is -0.570. The van der Waals surface area contributed by atoms with Crippen molar-refractivity contribution in [2.75, 3.05) is 0 Å². The maximum atomic E-state index is 11.5. The molecule has 1 heterocycles. The first-order valence-electron chi connectivity index (χ1n) is 4.57. The number of halogens is 1. The van der Waals surface area contributed by atoms with Crippen LogP contribution in [0.25, 0.3) is 0 Å². The molecule has 0 unspecified atom stereocenters. The lowest BCUT2D eigenvalue weighted by atomic mass is 9.78. The summed E-state index contributed by atoms with van der Waals surface area (Å²) in [6.07, 6.45) is 5.55. The highest BCUT2D eigenvalue weighted by Crippen LogP contribution is 2.43. The predicted molar refractivity (Wildman–Crippen MR) is 50.5 cm³/mol. The standard InChI is InChI=1S/C9H13NO2.ClH/c11-7-3-6-9(8(12)10-7)4-1-2-5-9;/h1-6H2,(H,10,11,12);1H. The van der Waals surface area contributed by atoms with E-state index in [2.05, 4.69) is 5.32 Å². The molecule has 0 aromatic carbocycles. The molecule has 1 saturated heterocycles. The van der Waals surface area contributed by atoms with Gasteiger partial charge in [-0.15, -0.1) is 12.4 Å². The second kappa shape index (κ2) is 3.66. The van der Waals surface area contributed by atoms with E-state index >= 15 is 0 Å². The number of nitrogens with one attached hydrogen (secondary N) is 1. The van der Waals surface area contributed by atoms with E-state index < -0.39 is 0 Å². The predicted octanol–water partition coefficient (Wildman–Crippen LogP) is 1.41. The first-order chi connectivity index (χ1) is 5.73. The van der Waals surface area contributed by atoms with E-state index in [1.165, 1.54) is 0 Å². The molecule has 0 aromatic rings. The highest BCUT2D eigenvalue weighted by Gasteiger charge is 2.44. The zero-order valence-corrected chi connectivity index (χ0v) is 8.28. The van der Waals surface area contributed by atoms with Crippen LogP contribution in [0.2, 0.25) is 0 Å². The molecule has 3 nitrogen and oxygen atoms in total. The van der Waals surface area contributed by atoms with Crippen LogP contribution in [0.5, 0.6) is 0 Å². The molecule has 13 heavy (non-hydrogen) atoms. The molecule has 0 bridgehead atoms. The summed E-state index contributed by atoms with van der Waals surface area (Å²) in [5.41, 5.74) is -0.159. The number of amides is 2. The van der Waals surface area contributed by atoms with Crippen LogP contribution in [0, 0.1) is 5.41 Å². The van der Waals surface area contributed by atoms with Crippen molar-refractivity contribution in [3.63, 3.8) is 0 Å². The maximum Gasteiger partial charge on any atom is 0.232 e. The monoisotopic (exact) mass is 203 g/mol. The van der Waals surface area contributed by atoms with E-state index in [1.807, 2.05) is 0 Å². The molecule has 0 radical (unpaired) electrons. The Bertz CT molecular complexity index is 234. The quantitative estimate of drug-likeness (QED) is 0.605. The lowest BCUT2D eigenvalue weighted by Gasteiger charge is -2.30. The van der Waals surface area contributed by atoms with Crippen LogP contribution in [0.3, 0.4) is 0 Å². The zero-order valence-electron chi connectivity index (χ0n) is 7.47. The number of carbonyl (C=O) groups excluding carboxylic acids is 2. The van der Waals surface area contributed by atoms with Crippen molar-refractivity contribution < 1.29 is 9.59 Å². The number of imide groups is 1. The molecule has 1 aliphatic carbocycles. The van der Waals surface area contributed by atoms with Gasteiger partial charge in [-0.05, 0) is 19.3 Å². The van der Waals surface area contributed by atoms with Gasteiger partial charge in [0.05, 0.1) is 5.41 Å². The summed E-state index contributed by atoms with van der Waals surface area (Å²) in [6.45, 7) is 0. The van der Waals surface area contributed by atoms with Gasteiger partial charge in [-0.2, -0.15) is 0 Å². The van der Waals surface area contributed by atoms with E-state index in [-0.39, 0.29) is 29.6 Å². The normalized spacial score (nSPS) is 25.5. The minimum atomic E-state index is -0.159. The van der Waals surface area contributed by atoms with Gasteiger partial charge in [-0.3, -0.25) is 14.9 Å². The van der Waals surface area contributed by atoms with Gasteiger partial charge in [0, 0.05) is 6.42 Å². The summed E-state index contributed by atoms with van der Waals surface area (Å²) < 4.78 is 0. The third-order valence-corrected chi connectivity index (χ3v) is 3.13. The van der Waals surface area contributed by atoms with Crippen LogP contribution in [0.1, 0.15) is 38.5 Å². The maximum absolute atomic E-state index is 11.5. The van der Waals surface area contributed by atoms with Gasteiger partial charge >= 0.3 is 0 Å². The number of hydrogen-bond donors (Lipinski definition) is 1. The van der Waals surface area contributed by atoms with E-state index in [4.69, 9.17) is 0 Å². The first kappa shape index (κ1) is 10.5. The summed E-state index contributed by atoms with van der Waals surface area (Å²) in [7, 11) is 0. The second-order valence-corrected chi connectivity index (χ2v) is 3.86. The second-order valence-electron chi connectivity index (χ2n) is 3.86. The fraction of sp³-hybridized carbons (Fsp3) is 0.778. The number of rotatable bonds is 0. The molecule has 0 aromatic heterocycles. The van der Waals surface area contributed by atoms with Crippen molar-refractivity contribution >= 4 is 24.2 Å². The smallest absolute Gasteiger partial charge is 0.232 e. The lowest BCUT2D eigenvalue weighted by molar-refractivity contribution is -0.141. The van der Waals surface area contributed by atoms with Crippen molar-refractivity contribution in [3.05, 3.63) is 0 Å². The van der Waals surface area contributed by atoms with Gasteiger partial charge in [-0.1, -0.05) is 12.8 Å². The molecule has 2 fully saturated rings. The average Bonchev–Trinajstić information content (AvgIpc) is 2.48. The van der Waals surface area contributed by atoms with Crippen LogP contribution in [0.15, 0.2) is 0 Å². The van der Waals surface area contributed by atoms with Gasteiger partial charge in [0.25, 0.3) is 0 Å². The Morgan fingerprint density at radius 3 is 2.23 bits per heavy atom. The van der Waals surface area contributed by atoms with E-state index in [1.54, 1.807) is 0 Å². The van der Waals surface area contributed by atoms with Crippen LogP contribution in [-0.2, 0) is 9.59 Å². The minimum Gasteiger partial charge on any atom is -0.296 e.